The number of allylic oxidation sites excluding steroid dienone is 10. The SMILES string of the molecule is NCc1ccc(C(=O)N2CCC(C3=C[C@@]4(CC5C=CC(F)=CC5)C5=CC=C3C4C5)CC2)cc1. The Bertz CT molecular complexity index is 1130. The van der Waals surface area contributed by atoms with Crippen molar-refractivity contribution in [2.75, 3.05) is 13.1 Å². The van der Waals surface area contributed by atoms with Gasteiger partial charge in [-0.2, -0.15) is 0 Å². The van der Waals surface area contributed by atoms with E-state index >= 15 is 0 Å². The summed E-state index contributed by atoms with van der Waals surface area (Å²) >= 11 is 0. The monoisotopic (exact) mass is 442 g/mol. The van der Waals surface area contributed by atoms with E-state index in [2.05, 4.69) is 24.3 Å². The van der Waals surface area contributed by atoms with Crippen molar-refractivity contribution in [1.82, 2.24) is 4.90 Å². The number of carbonyl (C=O) groups is 1. The molecule has 1 saturated heterocycles. The Balaban J connectivity index is 1.15. The van der Waals surface area contributed by atoms with Gasteiger partial charge in [-0.1, -0.05) is 42.0 Å². The summed E-state index contributed by atoms with van der Waals surface area (Å²) in [5.74, 6) is 1.57. The van der Waals surface area contributed by atoms with Crippen LogP contribution in [-0.4, -0.2) is 23.9 Å². The minimum atomic E-state index is -0.100. The molecule has 1 aromatic rings. The van der Waals surface area contributed by atoms with Gasteiger partial charge in [-0.05, 0) is 84.9 Å². The van der Waals surface area contributed by atoms with E-state index in [1.54, 1.807) is 17.7 Å². The van der Waals surface area contributed by atoms with E-state index in [0.717, 1.165) is 49.9 Å². The Morgan fingerprint density at radius 2 is 1.91 bits per heavy atom. The van der Waals surface area contributed by atoms with Crippen molar-refractivity contribution < 1.29 is 9.18 Å². The maximum absolute atomic E-state index is 13.5. The van der Waals surface area contributed by atoms with E-state index in [9.17, 15) is 9.18 Å². The van der Waals surface area contributed by atoms with Crippen LogP contribution in [0.25, 0.3) is 0 Å². The largest absolute Gasteiger partial charge is 0.339 e. The fraction of sp³-hybridized carbons (Fsp3) is 0.414. The van der Waals surface area contributed by atoms with Crippen LogP contribution in [0.1, 0.15) is 48.0 Å². The van der Waals surface area contributed by atoms with Gasteiger partial charge in [0.2, 0.25) is 0 Å². The number of carbonyl (C=O) groups excluding carboxylic acids is 1. The highest BCUT2D eigenvalue weighted by molar-refractivity contribution is 5.94. The molecule has 2 fully saturated rings. The number of amides is 1. The summed E-state index contributed by atoms with van der Waals surface area (Å²) in [6, 6.07) is 7.69. The second-order valence-electron chi connectivity index (χ2n) is 10.3. The van der Waals surface area contributed by atoms with Crippen molar-refractivity contribution in [3.05, 3.63) is 94.4 Å². The van der Waals surface area contributed by atoms with E-state index in [0.29, 0.717) is 24.3 Å². The summed E-state index contributed by atoms with van der Waals surface area (Å²) in [6.07, 6.45) is 17.8. The average Bonchev–Trinajstić information content (AvgIpc) is 3.02. The Kier molecular flexibility index (Phi) is 5.02. The first-order valence-corrected chi connectivity index (χ1v) is 12.3. The standard InChI is InChI=1S/C29H31FN2O/c30-24-8-3-19(4-9-24)16-29-17-26(25-10-7-23(29)15-27(25)29)21-11-13-32(14-12-21)28(33)22-5-1-20(18-31)2-6-22/h1-3,5-10,17,19,21,27H,4,11-16,18,31H2/t19?,27?,29-/m0/s1. The number of benzene rings is 1. The van der Waals surface area contributed by atoms with Gasteiger partial charge in [0.25, 0.3) is 5.91 Å². The molecule has 1 amide bonds. The molecule has 1 aliphatic heterocycles. The predicted octanol–water partition coefficient (Wildman–Crippen LogP) is 5.63. The normalized spacial score (nSPS) is 30.3. The van der Waals surface area contributed by atoms with Crippen molar-refractivity contribution in [2.24, 2.45) is 28.9 Å². The third kappa shape index (κ3) is 3.38. The van der Waals surface area contributed by atoms with E-state index in [1.807, 2.05) is 29.2 Å². The van der Waals surface area contributed by atoms with E-state index in [1.165, 1.54) is 17.6 Å². The van der Waals surface area contributed by atoms with Crippen LogP contribution in [0.3, 0.4) is 0 Å². The molecule has 4 bridgehead atoms. The van der Waals surface area contributed by atoms with Gasteiger partial charge in [0.05, 0.1) is 0 Å². The summed E-state index contributed by atoms with van der Waals surface area (Å²) in [4.78, 5) is 15.0. The Hall–Kier alpha value is -2.72. The Morgan fingerprint density at radius 1 is 1.12 bits per heavy atom. The van der Waals surface area contributed by atoms with Crippen LogP contribution in [0.5, 0.6) is 0 Å². The molecular weight excluding hydrogens is 411 g/mol. The fourth-order valence-electron chi connectivity index (χ4n) is 6.72. The Labute approximate surface area is 195 Å². The summed E-state index contributed by atoms with van der Waals surface area (Å²) in [7, 11) is 0. The van der Waals surface area contributed by atoms with Crippen LogP contribution in [0.2, 0.25) is 0 Å². The number of halogens is 1. The van der Waals surface area contributed by atoms with E-state index in [4.69, 9.17) is 5.73 Å². The van der Waals surface area contributed by atoms with Gasteiger partial charge >= 0.3 is 0 Å². The van der Waals surface area contributed by atoms with Gasteiger partial charge in [-0.3, -0.25) is 4.79 Å². The van der Waals surface area contributed by atoms with Crippen molar-refractivity contribution >= 4 is 5.91 Å². The molecule has 2 unspecified atom stereocenters. The molecule has 0 spiro atoms. The van der Waals surface area contributed by atoms with Gasteiger partial charge in [0.15, 0.2) is 0 Å². The summed E-state index contributed by atoms with van der Waals surface area (Å²) < 4.78 is 13.5. The number of hydrogen-bond acceptors (Lipinski definition) is 2. The zero-order valence-corrected chi connectivity index (χ0v) is 19.0. The number of rotatable bonds is 5. The fourth-order valence-corrected chi connectivity index (χ4v) is 6.72. The second kappa shape index (κ2) is 7.95. The average molecular weight is 443 g/mol. The van der Waals surface area contributed by atoms with Gasteiger partial charge in [-0.15, -0.1) is 0 Å². The van der Waals surface area contributed by atoms with Crippen LogP contribution in [0.4, 0.5) is 4.39 Å². The van der Waals surface area contributed by atoms with Crippen LogP contribution >= 0.6 is 0 Å². The summed E-state index contributed by atoms with van der Waals surface area (Å²) in [6.45, 7) is 2.11. The molecule has 0 radical (unpaired) electrons. The van der Waals surface area contributed by atoms with Gasteiger partial charge in [0.1, 0.15) is 5.83 Å². The molecule has 170 valence electrons. The third-order valence-electron chi connectivity index (χ3n) is 8.63. The van der Waals surface area contributed by atoms with Crippen LogP contribution < -0.4 is 5.73 Å². The van der Waals surface area contributed by atoms with Gasteiger partial charge in [0, 0.05) is 36.5 Å². The molecular formula is C29H31FN2O. The summed E-state index contributed by atoms with van der Waals surface area (Å²) in [5.41, 5.74) is 12.3. The molecule has 4 heteroatoms. The van der Waals surface area contributed by atoms with Crippen LogP contribution in [0.15, 0.2) is 83.3 Å². The first-order valence-electron chi connectivity index (χ1n) is 12.3. The van der Waals surface area contributed by atoms with Gasteiger partial charge < -0.3 is 10.6 Å². The van der Waals surface area contributed by atoms with E-state index in [-0.39, 0.29) is 17.1 Å². The van der Waals surface area contributed by atoms with Crippen LogP contribution in [-0.2, 0) is 6.54 Å². The molecule has 4 aliphatic carbocycles. The second-order valence-corrected chi connectivity index (χ2v) is 10.3. The van der Waals surface area contributed by atoms with Crippen molar-refractivity contribution in [3.63, 3.8) is 0 Å². The highest BCUT2D eigenvalue weighted by atomic mass is 19.1. The maximum atomic E-state index is 13.5. The lowest BCUT2D eigenvalue weighted by Crippen LogP contribution is -2.42. The molecule has 3 nitrogen and oxygen atoms in total. The third-order valence-corrected chi connectivity index (χ3v) is 8.63. The lowest BCUT2D eigenvalue weighted by atomic mass is 9.52. The summed E-state index contributed by atoms with van der Waals surface area (Å²) in [5, 5.41) is 0. The number of nitrogens with two attached hydrogens (primary N) is 1. The lowest BCUT2D eigenvalue weighted by molar-refractivity contribution is 0.0702. The number of hydrogen-bond donors (Lipinski definition) is 1. The highest BCUT2D eigenvalue weighted by Gasteiger charge is 2.57. The smallest absolute Gasteiger partial charge is 0.253 e. The van der Waals surface area contributed by atoms with Crippen molar-refractivity contribution in [1.29, 1.82) is 0 Å². The quantitative estimate of drug-likeness (QED) is 0.642. The minimum absolute atomic E-state index is 0.100. The topological polar surface area (TPSA) is 46.3 Å². The zero-order valence-electron chi connectivity index (χ0n) is 19.0. The predicted molar refractivity (Wildman–Crippen MR) is 129 cm³/mol. The molecule has 6 rings (SSSR count). The van der Waals surface area contributed by atoms with Crippen molar-refractivity contribution in [2.45, 2.75) is 38.6 Å². The van der Waals surface area contributed by atoms with E-state index < -0.39 is 0 Å². The highest BCUT2D eigenvalue weighted by Crippen LogP contribution is 2.68. The maximum Gasteiger partial charge on any atom is 0.253 e. The lowest BCUT2D eigenvalue weighted by Gasteiger charge is -2.51. The molecule has 1 aromatic carbocycles. The molecule has 2 N–H and O–H groups in total. The first-order chi connectivity index (χ1) is 16.1. The zero-order chi connectivity index (χ0) is 22.6. The number of likely N-dealkylation sites (tertiary alicyclic amines) is 1. The molecule has 33 heavy (non-hydrogen) atoms. The van der Waals surface area contributed by atoms with Crippen LogP contribution in [0, 0.1) is 23.2 Å². The minimum Gasteiger partial charge on any atom is -0.339 e. The molecule has 3 atom stereocenters. The number of nitrogens with zero attached hydrogens (tertiary/aromatic N) is 1. The Morgan fingerprint density at radius 3 is 2.58 bits per heavy atom. The number of piperidine rings is 1. The first kappa shape index (κ1) is 20.9. The van der Waals surface area contributed by atoms with Crippen molar-refractivity contribution in [3.8, 4) is 0 Å². The molecule has 5 aliphatic rings. The molecule has 0 aromatic heterocycles. The van der Waals surface area contributed by atoms with Gasteiger partial charge in [-0.25, -0.2) is 4.39 Å². The molecule has 1 heterocycles. The molecule has 1 saturated carbocycles.